The number of nitro benzene ring substituents is 1. The van der Waals surface area contributed by atoms with Crippen LogP contribution < -0.4 is 21.7 Å². The van der Waals surface area contributed by atoms with E-state index in [4.69, 9.17) is 0 Å². The first-order valence-corrected chi connectivity index (χ1v) is 11.4. The third-order valence-corrected chi connectivity index (χ3v) is 5.42. The smallest absolute Gasteiger partial charge is 0.290 e. The molecule has 12 heteroatoms. The second kappa shape index (κ2) is 11.7. The number of carbonyl (C=O) groups excluding carboxylic acids is 3. The molecule has 12 nitrogen and oxygen atoms in total. The summed E-state index contributed by atoms with van der Waals surface area (Å²) in [7, 11) is 0. The van der Waals surface area contributed by atoms with Crippen LogP contribution in [0.2, 0.25) is 0 Å². The number of nitro groups is 1. The highest BCUT2D eigenvalue weighted by atomic mass is 16.6. The quantitative estimate of drug-likeness (QED) is 0.233. The molecule has 0 saturated heterocycles. The average molecular weight is 495 g/mol. The van der Waals surface area contributed by atoms with Gasteiger partial charge in [0.2, 0.25) is 0 Å². The molecule has 1 heterocycles. The lowest BCUT2D eigenvalue weighted by Gasteiger charge is -2.15. The van der Waals surface area contributed by atoms with Gasteiger partial charge < -0.3 is 5.32 Å². The van der Waals surface area contributed by atoms with E-state index in [0.29, 0.717) is 17.3 Å². The first kappa shape index (κ1) is 26.0. The lowest BCUT2D eigenvalue weighted by atomic mass is 10.1. The van der Waals surface area contributed by atoms with E-state index in [1.54, 1.807) is 24.3 Å². The normalized spacial score (nSPS) is 11.5. The second-order valence-corrected chi connectivity index (χ2v) is 8.08. The zero-order valence-corrected chi connectivity index (χ0v) is 19.8. The van der Waals surface area contributed by atoms with Crippen molar-refractivity contribution in [3.63, 3.8) is 0 Å². The Morgan fingerprint density at radius 1 is 1.03 bits per heavy atom. The second-order valence-electron chi connectivity index (χ2n) is 8.08. The summed E-state index contributed by atoms with van der Waals surface area (Å²) in [6, 6.07) is 10.6. The first-order chi connectivity index (χ1) is 17.2. The number of benzene rings is 2. The number of hydrogen-bond acceptors (Lipinski definition) is 7. The standard InChI is InChI=1S/C24H26N6O6/c1-3-4-7-13-29-24(34)19-12-6-5-11-18(19)20(28-29)23(33)27-26-21(31)15(2)25-22(32)16-9-8-10-17(14-16)30(35)36/h5-6,8-12,14-15H,3-4,7,13H2,1-2H3,(H,25,32)(H,26,31)(H,27,33)/t15-/m0/s1. The van der Waals surface area contributed by atoms with Gasteiger partial charge in [0.15, 0.2) is 5.69 Å². The average Bonchev–Trinajstić information content (AvgIpc) is 2.88. The number of aromatic nitrogens is 2. The third-order valence-electron chi connectivity index (χ3n) is 5.42. The lowest BCUT2D eigenvalue weighted by Crippen LogP contribution is -2.51. The van der Waals surface area contributed by atoms with Gasteiger partial charge in [-0.3, -0.25) is 40.1 Å². The highest BCUT2D eigenvalue weighted by molar-refractivity contribution is 6.05. The molecule has 0 aliphatic carbocycles. The van der Waals surface area contributed by atoms with Gasteiger partial charge in [-0.1, -0.05) is 44.0 Å². The zero-order chi connectivity index (χ0) is 26.2. The molecule has 36 heavy (non-hydrogen) atoms. The maximum atomic E-state index is 12.9. The van der Waals surface area contributed by atoms with Gasteiger partial charge in [-0.05, 0) is 25.5 Å². The highest BCUT2D eigenvalue weighted by Crippen LogP contribution is 2.14. The number of amides is 3. The third kappa shape index (κ3) is 6.09. The van der Waals surface area contributed by atoms with Crippen LogP contribution in [-0.2, 0) is 11.3 Å². The molecule has 3 N–H and O–H groups in total. The van der Waals surface area contributed by atoms with Gasteiger partial charge in [-0.25, -0.2) is 4.68 Å². The molecule has 3 rings (SSSR count). The summed E-state index contributed by atoms with van der Waals surface area (Å²) in [4.78, 5) is 60.7. The molecule has 0 unspecified atom stereocenters. The molecule has 0 aliphatic heterocycles. The molecule has 0 saturated carbocycles. The molecule has 0 aliphatic rings. The van der Waals surface area contributed by atoms with Crippen molar-refractivity contribution in [3.05, 3.63) is 80.3 Å². The van der Waals surface area contributed by atoms with Crippen molar-refractivity contribution in [2.75, 3.05) is 0 Å². The van der Waals surface area contributed by atoms with Crippen molar-refractivity contribution in [3.8, 4) is 0 Å². The fourth-order valence-corrected chi connectivity index (χ4v) is 3.46. The van der Waals surface area contributed by atoms with Crippen molar-refractivity contribution in [1.29, 1.82) is 0 Å². The first-order valence-electron chi connectivity index (χ1n) is 11.4. The Bertz CT molecular complexity index is 1370. The van der Waals surface area contributed by atoms with Crippen LogP contribution in [0.3, 0.4) is 0 Å². The summed E-state index contributed by atoms with van der Waals surface area (Å²) in [6.45, 7) is 3.77. The summed E-state index contributed by atoms with van der Waals surface area (Å²) in [6.07, 6.45) is 2.58. The molecule has 2 aromatic carbocycles. The Balaban J connectivity index is 1.69. The summed E-state index contributed by atoms with van der Waals surface area (Å²) in [5, 5.41) is 18.2. The Labute approximate surface area is 205 Å². The molecule has 0 spiro atoms. The summed E-state index contributed by atoms with van der Waals surface area (Å²) in [5.41, 5.74) is 3.90. The summed E-state index contributed by atoms with van der Waals surface area (Å²) >= 11 is 0. The summed E-state index contributed by atoms with van der Waals surface area (Å²) in [5.74, 6) is -2.16. The Hall–Kier alpha value is -4.61. The van der Waals surface area contributed by atoms with Crippen molar-refractivity contribution in [2.45, 2.75) is 45.7 Å². The predicted molar refractivity (Wildman–Crippen MR) is 131 cm³/mol. The fourth-order valence-electron chi connectivity index (χ4n) is 3.46. The van der Waals surface area contributed by atoms with Crippen molar-refractivity contribution in [1.82, 2.24) is 25.9 Å². The minimum atomic E-state index is -1.08. The Morgan fingerprint density at radius 3 is 2.44 bits per heavy atom. The van der Waals surface area contributed by atoms with Crippen LogP contribution in [0.15, 0.2) is 53.3 Å². The van der Waals surface area contributed by atoms with Crippen LogP contribution >= 0.6 is 0 Å². The molecule has 1 aromatic heterocycles. The van der Waals surface area contributed by atoms with Crippen molar-refractivity contribution < 1.29 is 19.3 Å². The SMILES string of the molecule is CCCCCn1nc(C(=O)NNC(=O)[C@H](C)NC(=O)c2cccc([N+](=O)[O-])c2)c2ccccc2c1=O. The van der Waals surface area contributed by atoms with Gasteiger partial charge in [-0.15, -0.1) is 0 Å². The highest BCUT2D eigenvalue weighted by Gasteiger charge is 2.21. The predicted octanol–water partition coefficient (Wildman–Crippen LogP) is 2.07. The minimum absolute atomic E-state index is 0.00823. The topological polar surface area (TPSA) is 165 Å². The van der Waals surface area contributed by atoms with Crippen LogP contribution in [0.25, 0.3) is 10.8 Å². The van der Waals surface area contributed by atoms with E-state index < -0.39 is 28.7 Å². The number of fused-ring (bicyclic) bond motifs is 1. The minimum Gasteiger partial charge on any atom is -0.340 e. The fraction of sp³-hybridized carbons (Fsp3) is 0.292. The number of non-ortho nitro benzene ring substituents is 1. The molecule has 0 fully saturated rings. The van der Waals surface area contributed by atoms with Gasteiger partial charge in [0, 0.05) is 29.6 Å². The zero-order valence-electron chi connectivity index (χ0n) is 19.8. The number of hydrogen-bond donors (Lipinski definition) is 3. The van der Waals surface area contributed by atoms with Crippen LogP contribution in [0.1, 0.15) is 54.0 Å². The number of nitrogens with one attached hydrogen (secondary N) is 3. The number of hydrazine groups is 1. The van der Waals surface area contributed by atoms with Crippen LogP contribution in [0.4, 0.5) is 5.69 Å². The van der Waals surface area contributed by atoms with E-state index >= 15 is 0 Å². The molecular weight excluding hydrogens is 468 g/mol. The van der Waals surface area contributed by atoms with Gasteiger partial charge >= 0.3 is 0 Å². The van der Waals surface area contributed by atoms with Crippen molar-refractivity contribution in [2.24, 2.45) is 0 Å². The number of unbranched alkanes of at least 4 members (excludes halogenated alkanes) is 2. The van der Waals surface area contributed by atoms with Crippen LogP contribution in [0.5, 0.6) is 0 Å². The van der Waals surface area contributed by atoms with Gasteiger partial charge in [0.25, 0.3) is 29.0 Å². The maximum Gasteiger partial charge on any atom is 0.290 e. The Kier molecular flexibility index (Phi) is 8.44. The van der Waals surface area contributed by atoms with E-state index in [0.717, 1.165) is 25.3 Å². The molecule has 0 radical (unpaired) electrons. The van der Waals surface area contributed by atoms with Gasteiger partial charge in [0.05, 0.1) is 10.3 Å². The van der Waals surface area contributed by atoms with E-state index in [2.05, 4.69) is 21.3 Å². The molecule has 1 atom stereocenters. The van der Waals surface area contributed by atoms with Crippen LogP contribution in [0, 0.1) is 10.1 Å². The van der Waals surface area contributed by atoms with Crippen LogP contribution in [-0.4, -0.2) is 38.5 Å². The summed E-state index contributed by atoms with van der Waals surface area (Å²) < 4.78 is 1.25. The number of carbonyl (C=O) groups is 3. The molecular formula is C24H26N6O6. The maximum absolute atomic E-state index is 12.9. The van der Waals surface area contributed by atoms with Gasteiger partial charge in [-0.2, -0.15) is 5.10 Å². The molecule has 3 aromatic rings. The lowest BCUT2D eigenvalue weighted by molar-refractivity contribution is -0.384. The van der Waals surface area contributed by atoms with E-state index in [9.17, 15) is 29.3 Å². The van der Waals surface area contributed by atoms with E-state index in [-0.39, 0.29) is 22.5 Å². The van der Waals surface area contributed by atoms with Crippen molar-refractivity contribution >= 4 is 34.2 Å². The number of aryl methyl sites for hydroxylation is 1. The van der Waals surface area contributed by atoms with Gasteiger partial charge in [0.1, 0.15) is 6.04 Å². The number of nitrogens with zero attached hydrogens (tertiary/aromatic N) is 3. The monoisotopic (exact) mass is 494 g/mol. The number of rotatable bonds is 9. The molecule has 188 valence electrons. The molecule has 0 bridgehead atoms. The largest absolute Gasteiger partial charge is 0.340 e. The Morgan fingerprint density at radius 2 is 1.75 bits per heavy atom. The molecule has 3 amide bonds. The van der Waals surface area contributed by atoms with E-state index in [1.165, 1.54) is 29.8 Å². The van der Waals surface area contributed by atoms with E-state index in [1.807, 2.05) is 6.92 Å².